The van der Waals surface area contributed by atoms with Crippen LogP contribution in [0, 0.1) is 12.3 Å². The van der Waals surface area contributed by atoms with E-state index >= 15 is 0 Å². The summed E-state index contributed by atoms with van der Waals surface area (Å²) in [7, 11) is 0. The summed E-state index contributed by atoms with van der Waals surface area (Å²) in [6.07, 6.45) is -3.74. The van der Waals surface area contributed by atoms with E-state index in [1.165, 1.54) is 19.1 Å². The molecule has 1 N–H and O–H groups in total. The van der Waals surface area contributed by atoms with E-state index in [2.05, 4.69) is 0 Å². The summed E-state index contributed by atoms with van der Waals surface area (Å²) in [5.41, 5.74) is 0.00962. The maximum absolute atomic E-state index is 12.8. The van der Waals surface area contributed by atoms with Gasteiger partial charge in [0.05, 0.1) is 11.3 Å². The Balaban J connectivity index is 2.22. The molecule has 1 fully saturated rings. The Labute approximate surface area is 154 Å². The normalized spacial score (nSPS) is 19.3. The molecular weight excluding hydrogens is 367 g/mol. The van der Waals surface area contributed by atoms with Crippen molar-refractivity contribution in [2.45, 2.75) is 39.8 Å². The van der Waals surface area contributed by atoms with Gasteiger partial charge in [0.25, 0.3) is 11.1 Å². The molecule has 0 radical (unpaired) electrons. The van der Waals surface area contributed by atoms with Gasteiger partial charge in [-0.2, -0.15) is 13.2 Å². The van der Waals surface area contributed by atoms with Gasteiger partial charge < -0.3 is 5.11 Å². The van der Waals surface area contributed by atoms with Crippen molar-refractivity contribution >= 4 is 29.0 Å². The molecule has 8 heteroatoms. The van der Waals surface area contributed by atoms with Crippen LogP contribution in [0.25, 0.3) is 6.08 Å². The van der Waals surface area contributed by atoms with Gasteiger partial charge in [-0.25, -0.2) is 0 Å². The average Bonchev–Trinajstić information content (AvgIpc) is 2.77. The second-order valence-electron chi connectivity index (χ2n) is 6.77. The third-order valence-electron chi connectivity index (χ3n) is 4.41. The zero-order chi connectivity index (χ0) is 19.7. The van der Waals surface area contributed by atoms with Gasteiger partial charge in [0.2, 0.25) is 0 Å². The fraction of sp³-hybridized carbons (Fsp3) is 0.444. The highest BCUT2D eigenvalue weighted by Gasteiger charge is 2.44. The first-order valence-corrected chi connectivity index (χ1v) is 8.87. The van der Waals surface area contributed by atoms with Gasteiger partial charge in [0.15, 0.2) is 0 Å². The summed E-state index contributed by atoms with van der Waals surface area (Å²) in [6, 6.07) is 4.72. The minimum Gasteiger partial charge on any atom is -0.508 e. The van der Waals surface area contributed by atoms with Gasteiger partial charge in [-0.05, 0) is 59.9 Å². The van der Waals surface area contributed by atoms with E-state index < -0.39 is 29.2 Å². The third kappa shape index (κ3) is 4.81. The predicted molar refractivity (Wildman–Crippen MR) is 94.6 cm³/mol. The molecule has 2 rings (SSSR count). The Kier molecular flexibility index (Phi) is 5.75. The van der Waals surface area contributed by atoms with E-state index in [4.69, 9.17) is 0 Å². The fourth-order valence-corrected chi connectivity index (χ4v) is 3.55. The summed E-state index contributed by atoms with van der Waals surface area (Å²) < 4.78 is 38.4. The zero-order valence-electron chi connectivity index (χ0n) is 14.7. The van der Waals surface area contributed by atoms with Crippen LogP contribution in [0.15, 0.2) is 23.1 Å². The first-order chi connectivity index (χ1) is 11.9. The standard InChI is InChI=1S/C18H20F3NO3S/c1-4-17(3,9-18(19,20)21)10-22-15(24)14(26-16(22)25)8-12-5-6-13(23)11(2)7-12/h5-8,23H,4,9-10H2,1-3H3/b14-8+. The summed E-state index contributed by atoms with van der Waals surface area (Å²) in [5.74, 6) is -0.478. The smallest absolute Gasteiger partial charge is 0.389 e. The molecule has 1 unspecified atom stereocenters. The summed E-state index contributed by atoms with van der Waals surface area (Å²) in [4.78, 5) is 25.7. The molecule has 1 heterocycles. The highest BCUT2D eigenvalue weighted by Crippen LogP contribution is 2.40. The first-order valence-electron chi connectivity index (χ1n) is 8.06. The van der Waals surface area contributed by atoms with Gasteiger partial charge in [-0.3, -0.25) is 14.5 Å². The molecule has 4 nitrogen and oxygen atoms in total. The van der Waals surface area contributed by atoms with Crippen LogP contribution in [0.2, 0.25) is 0 Å². The number of aryl methyl sites for hydroxylation is 1. The average molecular weight is 387 g/mol. The lowest BCUT2D eigenvalue weighted by Gasteiger charge is -2.32. The molecule has 1 aromatic carbocycles. The molecule has 1 aromatic rings. The van der Waals surface area contributed by atoms with E-state index in [1.54, 1.807) is 26.0 Å². The Bertz CT molecular complexity index is 761. The quantitative estimate of drug-likeness (QED) is 0.714. The number of rotatable bonds is 5. The van der Waals surface area contributed by atoms with Crippen LogP contribution in [0.3, 0.4) is 0 Å². The molecule has 142 valence electrons. The molecule has 1 saturated heterocycles. The largest absolute Gasteiger partial charge is 0.508 e. The highest BCUT2D eigenvalue weighted by atomic mass is 32.2. The van der Waals surface area contributed by atoms with Crippen LogP contribution in [-0.4, -0.2) is 33.9 Å². The summed E-state index contributed by atoms with van der Waals surface area (Å²) in [6.45, 7) is 4.46. The van der Waals surface area contributed by atoms with Crippen LogP contribution in [0.1, 0.15) is 37.8 Å². The number of imide groups is 1. The zero-order valence-corrected chi connectivity index (χ0v) is 15.5. The molecule has 26 heavy (non-hydrogen) atoms. The summed E-state index contributed by atoms with van der Waals surface area (Å²) >= 11 is 0.711. The number of phenolic OH excluding ortho intramolecular Hbond substituents is 1. The fourth-order valence-electron chi connectivity index (χ4n) is 2.71. The van der Waals surface area contributed by atoms with Crippen molar-refractivity contribution in [3.63, 3.8) is 0 Å². The Hall–Kier alpha value is -1.96. The lowest BCUT2D eigenvalue weighted by Crippen LogP contribution is -2.40. The number of hydrogen-bond donors (Lipinski definition) is 1. The van der Waals surface area contributed by atoms with E-state index in [0.717, 1.165) is 4.90 Å². The number of carbonyl (C=O) groups excluding carboxylic acids is 2. The van der Waals surface area contributed by atoms with Gasteiger partial charge in [-0.15, -0.1) is 0 Å². The maximum Gasteiger partial charge on any atom is 0.389 e. The Morgan fingerprint density at radius 1 is 1.27 bits per heavy atom. The van der Waals surface area contributed by atoms with E-state index in [-0.39, 0.29) is 23.6 Å². The SMILES string of the molecule is CCC(C)(CN1C(=O)S/C(=C/c2ccc(O)c(C)c2)C1=O)CC(F)(F)F. The molecule has 2 amide bonds. The van der Waals surface area contributed by atoms with E-state index in [0.29, 0.717) is 22.9 Å². The van der Waals surface area contributed by atoms with Crippen LogP contribution in [0.5, 0.6) is 5.75 Å². The molecule has 1 atom stereocenters. The van der Waals surface area contributed by atoms with Crippen molar-refractivity contribution in [2.24, 2.45) is 5.41 Å². The van der Waals surface area contributed by atoms with Crippen molar-refractivity contribution in [3.8, 4) is 5.75 Å². The number of hydrogen-bond acceptors (Lipinski definition) is 4. The van der Waals surface area contributed by atoms with Crippen molar-refractivity contribution in [3.05, 3.63) is 34.2 Å². The molecule has 0 bridgehead atoms. The molecule has 0 saturated carbocycles. The van der Waals surface area contributed by atoms with E-state index in [9.17, 15) is 27.9 Å². The predicted octanol–water partition coefficient (Wildman–Crippen LogP) is 5.11. The lowest BCUT2D eigenvalue weighted by atomic mass is 9.83. The number of alkyl halides is 3. The number of nitrogens with zero attached hydrogens (tertiary/aromatic N) is 1. The van der Waals surface area contributed by atoms with Crippen LogP contribution in [-0.2, 0) is 4.79 Å². The molecular formula is C18H20F3NO3S. The van der Waals surface area contributed by atoms with Gasteiger partial charge in [0.1, 0.15) is 5.75 Å². The number of aromatic hydroxyl groups is 1. The van der Waals surface area contributed by atoms with Crippen molar-refractivity contribution in [2.75, 3.05) is 6.54 Å². The number of halogens is 3. The number of carbonyl (C=O) groups is 2. The summed E-state index contributed by atoms with van der Waals surface area (Å²) in [5, 5.41) is 8.97. The second kappa shape index (κ2) is 7.34. The number of benzene rings is 1. The van der Waals surface area contributed by atoms with Crippen LogP contribution in [0.4, 0.5) is 18.0 Å². The minimum atomic E-state index is -4.37. The van der Waals surface area contributed by atoms with Crippen molar-refractivity contribution < 1.29 is 27.9 Å². The Morgan fingerprint density at radius 2 is 1.92 bits per heavy atom. The third-order valence-corrected chi connectivity index (χ3v) is 5.32. The molecule has 0 aliphatic carbocycles. The number of thioether (sulfide) groups is 1. The van der Waals surface area contributed by atoms with Gasteiger partial charge in [0, 0.05) is 6.54 Å². The van der Waals surface area contributed by atoms with Crippen LogP contribution < -0.4 is 0 Å². The molecule has 1 aliphatic rings. The van der Waals surface area contributed by atoms with Gasteiger partial charge in [-0.1, -0.05) is 19.9 Å². The maximum atomic E-state index is 12.8. The molecule has 0 spiro atoms. The Morgan fingerprint density at radius 3 is 2.46 bits per heavy atom. The number of phenols is 1. The topological polar surface area (TPSA) is 57.6 Å². The first kappa shape index (κ1) is 20.4. The second-order valence-corrected chi connectivity index (χ2v) is 7.76. The molecule has 0 aromatic heterocycles. The minimum absolute atomic E-state index is 0.112. The van der Waals surface area contributed by atoms with Gasteiger partial charge >= 0.3 is 6.18 Å². The van der Waals surface area contributed by atoms with Crippen molar-refractivity contribution in [1.82, 2.24) is 4.90 Å². The number of amides is 2. The molecule has 1 aliphatic heterocycles. The van der Waals surface area contributed by atoms with E-state index in [1.807, 2.05) is 0 Å². The highest BCUT2D eigenvalue weighted by molar-refractivity contribution is 8.18. The van der Waals surface area contributed by atoms with Crippen molar-refractivity contribution in [1.29, 1.82) is 0 Å². The lowest BCUT2D eigenvalue weighted by molar-refractivity contribution is -0.159. The van der Waals surface area contributed by atoms with Crippen LogP contribution >= 0.6 is 11.8 Å². The monoisotopic (exact) mass is 387 g/mol.